The van der Waals surface area contributed by atoms with Gasteiger partial charge in [-0.05, 0) is 17.8 Å². The molecule has 0 radical (unpaired) electrons. The maximum atomic E-state index is 11.7. The van der Waals surface area contributed by atoms with Crippen molar-refractivity contribution in [3.05, 3.63) is 25.5 Å². The van der Waals surface area contributed by atoms with Crippen LogP contribution in [0.25, 0.3) is 0 Å². The van der Waals surface area contributed by atoms with Gasteiger partial charge in [0.25, 0.3) is 0 Å². The van der Waals surface area contributed by atoms with Crippen molar-refractivity contribution in [2.45, 2.75) is 37.8 Å². The number of anilines is 1. The van der Waals surface area contributed by atoms with Crippen molar-refractivity contribution >= 4 is 23.1 Å². The minimum atomic E-state index is -0.705. The van der Waals surface area contributed by atoms with Gasteiger partial charge in [-0.3, -0.25) is 4.79 Å². The van der Waals surface area contributed by atoms with Crippen molar-refractivity contribution in [2.75, 3.05) is 5.32 Å². The number of nitrogens with zero attached hydrogens (tertiary/aromatic N) is 3. The van der Waals surface area contributed by atoms with Gasteiger partial charge in [-0.15, -0.1) is 4.68 Å². The molecule has 9 heteroatoms. The third-order valence-corrected chi connectivity index (χ3v) is 3.75. The summed E-state index contributed by atoms with van der Waals surface area (Å²) in [5, 5.41) is 27.1. The Balaban J connectivity index is 2.41. The average Bonchev–Trinajstić information content (AvgIpc) is 2.41. The number of aliphatic hydroxyl groups excluding tert-OH is 1. The number of aryl methyl sites for hydroxylation is 1. The van der Waals surface area contributed by atoms with Gasteiger partial charge in [0.2, 0.25) is 0 Å². The van der Waals surface area contributed by atoms with Gasteiger partial charge in [-0.2, -0.15) is 0 Å². The van der Waals surface area contributed by atoms with Gasteiger partial charge in [-0.25, -0.2) is 0 Å². The molecule has 2 N–H and O–H groups in total. The highest BCUT2D eigenvalue weighted by atomic mass is 35.5. The Labute approximate surface area is 119 Å². The molecule has 2 rings (SSSR count). The Kier molecular flexibility index (Phi) is 4.24. The van der Waals surface area contributed by atoms with Gasteiger partial charge in [-0.1, -0.05) is 24.4 Å². The van der Waals surface area contributed by atoms with Crippen LogP contribution < -0.4 is 10.9 Å². The van der Waals surface area contributed by atoms with Gasteiger partial charge in [0, 0.05) is 0 Å². The van der Waals surface area contributed by atoms with E-state index in [1.807, 2.05) is 0 Å². The summed E-state index contributed by atoms with van der Waals surface area (Å²) in [5.41, 5.74) is -0.740. The van der Waals surface area contributed by atoms with Crippen LogP contribution in [0.15, 0.2) is 4.79 Å². The van der Waals surface area contributed by atoms with E-state index in [-0.39, 0.29) is 16.8 Å². The topological polar surface area (TPSA) is 110 Å². The fourth-order valence-electron chi connectivity index (χ4n) is 2.31. The quantitative estimate of drug-likeness (QED) is 0.638. The summed E-state index contributed by atoms with van der Waals surface area (Å²) in [6.45, 7) is 0. The zero-order chi connectivity index (χ0) is 14.9. The Morgan fingerprint density at radius 2 is 2.15 bits per heavy atom. The van der Waals surface area contributed by atoms with E-state index in [0.29, 0.717) is 12.8 Å². The Morgan fingerprint density at radius 3 is 2.75 bits per heavy atom. The van der Waals surface area contributed by atoms with E-state index < -0.39 is 22.4 Å². The minimum Gasteiger partial charge on any atom is -0.391 e. The molecular weight excluding hydrogens is 288 g/mol. The summed E-state index contributed by atoms with van der Waals surface area (Å²) >= 11 is 5.89. The molecule has 20 heavy (non-hydrogen) atoms. The third kappa shape index (κ3) is 2.75. The second-order valence-corrected chi connectivity index (χ2v) is 5.18. The molecule has 2 atom stereocenters. The highest BCUT2D eigenvalue weighted by Gasteiger charge is 2.30. The molecule has 1 aliphatic rings. The highest BCUT2D eigenvalue weighted by molar-refractivity contribution is 6.33. The molecular formula is C11H15ClN4O4. The summed E-state index contributed by atoms with van der Waals surface area (Å²) in [4.78, 5) is 22.1. The normalized spacial score (nSPS) is 22.6. The van der Waals surface area contributed by atoms with Crippen molar-refractivity contribution < 1.29 is 10.0 Å². The molecule has 0 spiro atoms. The molecule has 1 aliphatic carbocycles. The van der Waals surface area contributed by atoms with E-state index in [9.17, 15) is 20.0 Å². The summed E-state index contributed by atoms with van der Waals surface area (Å²) in [7, 11) is 1.29. The van der Waals surface area contributed by atoms with Gasteiger partial charge >= 0.3 is 11.4 Å². The second kappa shape index (κ2) is 5.76. The Bertz CT molecular complexity index is 589. The third-order valence-electron chi connectivity index (χ3n) is 3.40. The van der Waals surface area contributed by atoms with Crippen LogP contribution >= 0.6 is 11.6 Å². The van der Waals surface area contributed by atoms with E-state index in [1.165, 1.54) is 7.05 Å². The molecule has 0 aliphatic heterocycles. The van der Waals surface area contributed by atoms with Crippen molar-refractivity contribution in [2.24, 2.45) is 7.05 Å². The molecule has 1 aromatic rings. The van der Waals surface area contributed by atoms with Gasteiger partial charge in [0.05, 0.1) is 24.3 Å². The number of nitrogens with one attached hydrogen (secondary N) is 1. The van der Waals surface area contributed by atoms with Crippen LogP contribution in [0.2, 0.25) is 5.02 Å². The maximum absolute atomic E-state index is 11.7. The van der Waals surface area contributed by atoms with Crippen LogP contribution in [0, 0.1) is 10.1 Å². The molecule has 1 saturated carbocycles. The standard InChI is InChI=1S/C11H15ClN4O4/c1-15-11(18)8(12)9(10(14-15)16(19)20)13-6-4-2-3-5-7(6)17/h6-7,13,17H,2-5H2,1H3/t6-,7-/m1/s1. The first-order valence-corrected chi connectivity index (χ1v) is 6.65. The zero-order valence-corrected chi connectivity index (χ0v) is 11.6. The fourth-order valence-corrected chi connectivity index (χ4v) is 2.57. The molecule has 8 nitrogen and oxygen atoms in total. The first-order chi connectivity index (χ1) is 9.41. The van der Waals surface area contributed by atoms with E-state index in [4.69, 9.17) is 11.6 Å². The molecule has 0 saturated heterocycles. The lowest BCUT2D eigenvalue weighted by atomic mass is 9.92. The van der Waals surface area contributed by atoms with Crippen LogP contribution in [-0.2, 0) is 7.05 Å². The first kappa shape index (κ1) is 14.7. The molecule has 110 valence electrons. The van der Waals surface area contributed by atoms with Crippen LogP contribution in [-0.4, -0.2) is 32.0 Å². The fraction of sp³-hybridized carbons (Fsp3) is 0.636. The zero-order valence-electron chi connectivity index (χ0n) is 10.9. The van der Waals surface area contributed by atoms with Crippen LogP contribution in [0.4, 0.5) is 11.5 Å². The molecule has 0 amide bonds. The van der Waals surface area contributed by atoms with Crippen LogP contribution in [0.1, 0.15) is 25.7 Å². The van der Waals surface area contributed by atoms with Crippen LogP contribution in [0.3, 0.4) is 0 Å². The molecule has 0 unspecified atom stereocenters. The highest BCUT2D eigenvalue weighted by Crippen LogP contribution is 2.30. The number of aromatic nitrogens is 2. The molecule has 0 aromatic carbocycles. The van der Waals surface area contributed by atoms with Gasteiger partial charge in [0.1, 0.15) is 5.02 Å². The Hall–Kier alpha value is -1.67. The van der Waals surface area contributed by atoms with Crippen molar-refractivity contribution in [3.8, 4) is 0 Å². The van der Waals surface area contributed by atoms with Crippen molar-refractivity contribution in [1.29, 1.82) is 0 Å². The van der Waals surface area contributed by atoms with E-state index in [0.717, 1.165) is 17.5 Å². The number of rotatable bonds is 3. The Morgan fingerprint density at radius 1 is 1.50 bits per heavy atom. The minimum absolute atomic E-state index is 0.120. The molecule has 0 bridgehead atoms. The predicted octanol–water partition coefficient (Wildman–Crippen LogP) is 1.06. The van der Waals surface area contributed by atoms with Crippen molar-refractivity contribution in [1.82, 2.24) is 9.78 Å². The maximum Gasteiger partial charge on any atom is 0.413 e. The largest absolute Gasteiger partial charge is 0.413 e. The summed E-state index contributed by atoms with van der Waals surface area (Å²) in [6.07, 6.45) is 2.46. The summed E-state index contributed by atoms with van der Waals surface area (Å²) in [6, 6.07) is -0.367. The molecule has 1 fully saturated rings. The van der Waals surface area contributed by atoms with Crippen molar-refractivity contribution in [3.63, 3.8) is 0 Å². The van der Waals surface area contributed by atoms with E-state index in [1.54, 1.807) is 0 Å². The number of hydrogen-bond acceptors (Lipinski definition) is 6. The van der Waals surface area contributed by atoms with Gasteiger partial charge in [0.15, 0.2) is 5.69 Å². The number of hydrogen-bond donors (Lipinski definition) is 2. The smallest absolute Gasteiger partial charge is 0.391 e. The SMILES string of the molecule is Cn1nc([N+](=O)[O-])c(N[C@@H]2CCCC[C@H]2O)c(Cl)c1=O. The lowest BCUT2D eigenvalue weighted by Gasteiger charge is -2.29. The second-order valence-electron chi connectivity index (χ2n) is 4.80. The van der Waals surface area contributed by atoms with Crippen LogP contribution in [0.5, 0.6) is 0 Å². The number of aliphatic hydroxyl groups is 1. The van der Waals surface area contributed by atoms with E-state index in [2.05, 4.69) is 10.4 Å². The molecule has 1 aromatic heterocycles. The van der Waals surface area contributed by atoms with Gasteiger partial charge < -0.3 is 20.5 Å². The lowest BCUT2D eigenvalue weighted by molar-refractivity contribution is -0.389. The summed E-state index contributed by atoms with van der Waals surface area (Å²) < 4.78 is 0.822. The first-order valence-electron chi connectivity index (χ1n) is 6.27. The average molecular weight is 303 g/mol. The summed E-state index contributed by atoms with van der Waals surface area (Å²) in [5.74, 6) is -0.519. The molecule has 1 heterocycles. The monoisotopic (exact) mass is 302 g/mol. The predicted molar refractivity (Wildman–Crippen MR) is 73.0 cm³/mol. The number of halogens is 1. The number of nitro groups is 1. The lowest BCUT2D eigenvalue weighted by Crippen LogP contribution is -2.37. The van der Waals surface area contributed by atoms with E-state index >= 15 is 0 Å².